The number of rotatable bonds is 5. The molecule has 0 aliphatic carbocycles. The molecule has 1 heteroatoms. The van der Waals surface area contributed by atoms with E-state index in [1.807, 2.05) is 0 Å². The summed E-state index contributed by atoms with van der Waals surface area (Å²) in [4.78, 5) is 0. The normalized spacial score (nSPS) is 19.6. The van der Waals surface area contributed by atoms with Crippen LogP contribution >= 0.6 is 0 Å². The van der Waals surface area contributed by atoms with Crippen molar-refractivity contribution in [2.45, 2.75) is 38.6 Å². The summed E-state index contributed by atoms with van der Waals surface area (Å²) in [7, 11) is 0. The van der Waals surface area contributed by atoms with E-state index in [0.717, 1.165) is 6.54 Å². The van der Waals surface area contributed by atoms with Crippen LogP contribution in [0.5, 0.6) is 0 Å². The molecule has 1 nitrogen and oxygen atoms in total. The van der Waals surface area contributed by atoms with Crippen LogP contribution in [0, 0.1) is 0 Å². The topological polar surface area (TPSA) is 21.9 Å². The van der Waals surface area contributed by atoms with E-state index in [1.54, 1.807) is 0 Å². The van der Waals surface area contributed by atoms with Crippen LogP contribution in [-0.4, -0.2) is 6.54 Å². The molecule has 0 amide bonds. The van der Waals surface area contributed by atoms with Crippen LogP contribution in [0.4, 0.5) is 0 Å². The van der Waals surface area contributed by atoms with E-state index in [9.17, 15) is 0 Å². The second-order valence-electron chi connectivity index (χ2n) is 4.16. The lowest BCUT2D eigenvalue weighted by Crippen LogP contribution is -1.88. The Bertz CT molecular complexity index is 272. The molecule has 0 saturated carbocycles. The van der Waals surface area contributed by atoms with Crippen molar-refractivity contribution in [1.82, 2.24) is 5.32 Å². The van der Waals surface area contributed by atoms with E-state index in [1.165, 1.54) is 36.8 Å². The van der Waals surface area contributed by atoms with Crippen molar-refractivity contribution in [3.8, 4) is 0 Å². The fraction of sp³-hybridized carbons (Fsp3) is 0.538. The van der Waals surface area contributed by atoms with Gasteiger partial charge in [0.25, 0.3) is 0 Å². The number of nitrogens with one attached hydrogen (secondary N) is 1. The quantitative estimate of drug-likeness (QED) is 0.558. The first-order valence-corrected chi connectivity index (χ1v) is 5.72. The zero-order valence-corrected chi connectivity index (χ0v) is 8.92. The van der Waals surface area contributed by atoms with Crippen LogP contribution in [0.3, 0.4) is 0 Å². The van der Waals surface area contributed by atoms with Gasteiger partial charge in [-0.1, -0.05) is 44.0 Å². The maximum absolute atomic E-state index is 3.32. The van der Waals surface area contributed by atoms with E-state index in [-0.39, 0.29) is 0 Å². The third-order valence-corrected chi connectivity index (χ3v) is 2.86. The molecule has 1 aromatic rings. The van der Waals surface area contributed by atoms with Crippen molar-refractivity contribution in [3.63, 3.8) is 0 Å². The number of unbranched alkanes of at least 4 members (excludes halogenated alkanes) is 2. The smallest absolute Gasteiger partial charge is 0.0447 e. The highest BCUT2D eigenvalue weighted by atomic mass is 15.1. The largest absolute Gasteiger partial charge is 0.307 e. The van der Waals surface area contributed by atoms with Crippen LogP contribution in [0.15, 0.2) is 24.3 Å². The Morgan fingerprint density at radius 1 is 1.21 bits per heavy atom. The molecule has 0 bridgehead atoms. The van der Waals surface area contributed by atoms with Crippen molar-refractivity contribution in [3.05, 3.63) is 35.4 Å². The molecule has 14 heavy (non-hydrogen) atoms. The molecule has 1 fully saturated rings. The van der Waals surface area contributed by atoms with Crippen LogP contribution < -0.4 is 5.32 Å². The SMILES string of the molecule is CCCCCc1ccc([C@H]2CN2)cc1. The molecule has 0 aromatic heterocycles. The van der Waals surface area contributed by atoms with Crippen LogP contribution in [0.2, 0.25) is 0 Å². The van der Waals surface area contributed by atoms with Gasteiger partial charge in [0.05, 0.1) is 0 Å². The van der Waals surface area contributed by atoms with E-state index in [2.05, 4.69) is 36.5 Å². The molecular formula is C13H19N. The zero-order valence-electron chi connectivity index (χ0n) is 8.92. The first-order chi connectivity index (χ1) is 6.90. The molecule has 1 saturated heterocycles. The van der Waals surface area contributed by atoms with Gasteiger partial charge in [-0.3, -0.25) is 0 Å². The molecule has 1 aliphatic heterocycles. The number of hydrogen-bond acceptors (Lipinski definition) is 1. The summed E-state index contributed by atoms with van der Waals surface area (Å²) >= 11 is 0. The van der Waals surface area contributed by atoms with Gasteiger partial charge in [-0.2, -0.15) is 0 Å². The second kappa shape index (κ2) is 4.61. The molecule has 1 N–H and O–H groups in total. The fourth-order valence-corrected chi connectivity index (χ4v) is 1.79. The van der Waals surface area contributed by atoms with Gasteiger partial charge in [-0.05, 0) is 24.0 Å². The standard InChI is InChI=1S/C13H19N/c1-2-3-4-5-11-6-8-12(9-7-11)13-10-14-13/h6-9,13-14H,2-5,10H2,1H3/t13-/m1/s1. The molecule has 1 aliphatic rings. The van der Waals surface area contributed by atoms with Gasteiger partial charge >= 0.3 is 0 Å². The maximum atomic E-state index is 3.32. The van der Waals surface area contributed by atoms with Gasteiger partial charge in [0.2, 0.25) is 0 Å². The lowest BCUT2D eigenvalue weighted by Gasteiger charge is -2.02. The van der Waals surface area contributed by atoms with Crippen molar-refractivity contribution in [2.24, 2.45) is 0 Å². The van der Waals surface area contributed by atoms with Gasteiger partial charge in [0, 0.05) is 12.6 Å². The Morgan fingerprint density at radius 2 is 1.93 bits per heavy atom. The molecule has 1 heterocycles. The van der Waals surface area contributed by atoms with E-state index < -0.39 is 0 Å². The molecule has 1 atom stereocenters. The summed E-state index contributed by atoms with van der Waals surface area (Å²) < 4.78 is 0. The number of aryl methyl sites for hydroxylation is 1. The minimum Gasteiger partial charge on any atom is -0.307 e. The van der Waals surface area contributed by atoms with Crippen LogP contribution in [-0.2, 0) is 6.42 Å². The van der Waals surface area contributed by atoms with Gasteiger partial charge in [-0.25, -0.2) is 0 Å². The van der Waals surface area contributed by atoms with Crippen LogP contribution in [0.1, 0.15) is 43.4 Å². The van der Waals surface area contributed by atoms with Crippen molar-refractivity contribution in [2.75, 3.05) is 6.54 Å². The lowest BCUT2D eigenvalue weighted by atomic mass is 10.0. The summed E-state index contributed by atoms with van der Waals surface area (Å²) in [5.41, 5.74) is 2.94. The highest BCUT2D eigenvalue weighted by Crippen LogP contribution is 2.21. The third-order valence-electron chi connectivity index (χ3n) is 2.86. The van der Waals surface area contributed by atoms with Crippen molar-refractivity contribution in [1.29, 1.82) is 0 Å². The number of benzene rings is 1. The summed E-state index contributed by atoms with van der Waals surface area (Å²) in [5.74, 6) is 0. The van der Waals surface area contributed by atoms with Gasteiger partial charge in [-0.15, -0.1) is 0 Å². The fourth-order valence-electron chi connectivity index (χ4n) is 1.79. The molecule has 76 valence electrons. The monoisotopic (exact) mass is 189 g/mol. The first kappa shape index (κ1) is 9.72. The Balaban J connectivity index is 1.86. The molecule has 1 aromatic carbocycles. The molecule has 2 rings (SSSR count). The molecule has 0 unspecified atom stereocenters. The third kappa shape index (κ3) is 2.58. The summed E-state index contributed by atoms with van der Waals surface area (Å²) in [6.07, 6.45) is 5.24. The minimum absolute atomic E-state index is 0.652. The van der Waals surface area contributed by atoms with Gasteiger partial charge in [0.1, 0.15) is 0 Å². The van der Waals surface area contributed by atoms with Gasteiger partial charge < -0.3 is 5.32 Å². The lowest BCUT2D eigenvalue weighted by molar-refractivity contribution is 0.717. The average molecular weight is 189 g/mol. The summed E-state index contributed by atoms with van der Waals surface area (Å²) in [6, 6.07) is 9.76. The Hall–Kier alpha value is -0.820. The molecule has 0 radical (unpaired) electrons. The Labute approximate surface area is 86.5 Å². The predicted octanol–water partition coefficient (Wildman–Crippen LogP) is 3.06. The summed E-state index contributed by atoms with van der Waals surface area (Å²) in [6.45, 7) is 3.41. The highest BCUT2D eigenvalue weighted by molar-refractivity contribution is 5.27. The van der Waals surface area contributed by atoms with E-state index in [0.29, 0.717) is 6.04 Å². The number of hydrogen-bond donors (Lipinski definition) is 1. The molecular weight excluding hydrogens is 170 g/mol. The molecule has 0 spiro atoms. The highest BCUT2D eigenvalue weighted by Gasteiger charge is 2.21. The van der Waals surface area contributed by atoms with Crippen LogP contribution in [0.25, 0.3) is 0 Å². The second-order valence-corrected chi connectivity index (χ2v) is 4.16. The van der Waals surface area contributed by atoms with Crippen molar-refractivity contribution < 1.29 is 0 Å². The van der Waals surface area contributed by atoms with Gasteiger partial charge in [0.15, 0.2) is 0 Å². The Kier molecular flexibility index (Phi) is 3.20. The maximum Gasteiger partial charge on any atom is 0.0447 e. The zero-order chi connectivity index (χ0) is 9.80. The first-order valence-electron chi connectivity index (χ1n) is 5.72. The predicted molar refractivity (Wildman–Crippen MR) is 60.4 cm³/mol. The van der Waals surface area contributed by atoms with E-state index in [4.69, 9.17) is 0 Å². The Morgan fingerprint density at radius 3 is 2.50 bits per heavy atom. The summed E-state index contributed by atoms with van der Waals surface area (Å²) in [5, 5.41) is 3.32. The minimum atomic E-state index is 0.652. The van der Waals surface area contributed by atoms with E-state index >= 15 is 0 Å². The van der Waals surface area contributed by atoms with Crippen molar-refractivity contribution >= 4 is 0 Å². The average Bonchev–Trinajstić information content (AvgIpc) is 3.03.